The first-order chi connectivity index (χ1) is 6.79. The van der Waals surface area contributed by atoms with Crippen LogP contribution < -0.4 is 11.2 Å². The van der Waals surface area contributed by atoms with Gasteiger partial charge in [-0.25, -0.2) is 0 Å². The van der Waals surface area contributed by atoms with Crippen LogP contribution in [0.5, 0.6) is 0 Å². The quantitative estimate of drug-likeness (QED) is 0.872. The maximum absolute atomic E-state index is 12.3. The minimum atomic E-state index is -3.25. The zero-order chi connectivity index (χ0) is 11.6. The van der Waals surface area contributed by atoms with Gasteiger partial charge < -0.3 is 10.3 Å². The average molecular weight is 302 g/mol. The largest absolute Gasteiger partial charge is 0.394 e. The first kappa shape index (κ1) is 12.4. The Bertz CT molecular complexity index is 390. The van der Waals surface area contributed by atoms with Gasteiger partial charge in [-0.15, -0.1) is 0 Å². The highest BCUT2D eigenvalue weighted by atomic mass is 79.9. The van der Waals surface area contributed by atoms with Crippen molar-refractivity contribution in [2.45, 2.75) is 18.3 Å². The number of anilines is 1. The van der Waals surface area contributed by atoms with E-state index >= 15 is 0 Å². The van der Waals surface area contributed by atoms with E-state index in [2.05, 4.69) is 15.9 Å². The molecule has 3 nitrogen and oxygen atoms in total. The van der Waals surface area contributed by atoms with Crippen LogP contribution in [0.15, 0.2) is 21.7 Å². The van der Waals surface area contributed by atoms with Crippen LogP contribution in [-0.2, 0) is 6.54 Å². The van der Waals surface area contributed by atoms with E-state index in [-0.39, 0.29) is 22.1 Å². The Morgan fingerprint density at radius 2 is 2.13 bits per heavy atom. The van der Waals surface area contributed by atoms with Crippen LogP contribution in [0.2, 0.25) is 0 Å². The van der Waals surface area contributed by atoms with E-state index in [1.54, 1.807) is 0 Å². The number of alkyl halides is 3. The zero-order valence-corrected chi connectivity index (χ0v) is 9.86. The molecule has 0 spiro atoms. The molecule has 0 aromatic carbocycles. The van der Waals surface area contributed by atoms with Gasteiger partial charge in [-0.3, -0.25) is 4.79 Å². The van der Waals surface area contributed by atoms with Crippen molar-refractivity contribution >= 4 is 33.2 Å². The predicted octanol–water partition coefficient (Wildman–Crippen LogP) is 2.41. The molecule has 0 aliphatic heterocycles. The SMILES string of the molecule is Nc1cn(CCC(F)(F)Cl)cc(Br)c1=O. The van der Waals surface area contributed by atoms with Crippen LogP contribution in [0.3, 0.4) is 0 Å². The normalized spacial score (nSPS) is 11.7. The highest BCUT2D eigenvalue weighted by molar-refractivity contribution is 9.10. The second-order valence-electron chi connectivity index (χ2n) is 2.99. The Kier molecular flexibility index (Phi) is 3.72. The second-order valence-corrected chi connectivity index (χ2v) is 4.40. The van der Waals surface area contributed by atoms with Gasteiger partial charge in [0.2, 0.25) is 5.43 Å². The number of nitrogen functional groups attached to an aromatic ring is 1. The van der Waals surface area contributed by atoms with Crippen LogP contribution in [0.25, 0.3) is 0 Å². The fraction of sp³-hybridized carbons (Fsp3) is 0.375. The summed E-state index contributed by atoms with van der Waals surface area (Å²) in [4.78, 5) is 11.2. The molecule has 0 bridgehead atoms. The van der Waals surface area contributed by atoms with Crippen LogP contribution in [0, 0.1) is 0 Å². The van der Waals surface area contributed by atoms with Gasteiger partial charge in [-0.2, -0.15) is 8.78 Å². The summed E-state index contributed by atoms with van der Waals surface area (Å²) in [6, 6.07) is 0. The monoisotopic (exact) mass is 300 g/mol. The molecule has 7 heteroatoms. The molecule has 0 saturated carbocycles. The molecular weight excluding hydrogens is 293 g/mol. The van der Waals surface area contributed by atoms with Crippen LogP contribution in [0.1, 0.15) is 6.42 Å². The number of aryl methyl sites for hydroxylation is 1. The van der Waals surface area contributed by atoms with Gasteiger partial charge in [0.25, 0.3) is 0 Å². The van der Waals surface area contributed by atoms with Crippen LogP contribution in [0.4, 0.5) is 14.5 Å². The summed E-state index contributed by atoms with van der Waals surface area (Å²) in [6.45, 7) is -0.0143. The molecule has 0 saturated heterocycles. The molecule has 0 amide bonds. The summed E-state index contributed by atoms with van der Waals surface area (Å²) < 4.78 is 26.3. The third-order valence-electron chi connectivity index (χ3n) is 1.72. The van der Waals surface area contributed by atoms with Crippen molar-refractivity contribution in [3.63, 3.8) is 0 Å². The fourth-order valence-corrected chi connectivity index (χ4v) is 1.58. The van der Waals surface area contributed by atoms with E-state index < -0.39 is 11.8 Å². The molecule has 1 rings (SSSR count). The minimum Gasteiger partial charge on any atom is -0.394 e. The molecular formula is C8H8BrClF2N2O. The molecule has 0 radical (unpaired) electrons. The van der Waals surface area contributed by atoms with Crippen LogP contribution >= 0.6 is 27.5 Å². The predicted molar refractivity (Wildman–Crippen MR) is 58.2 cm³/mol. The topological polar surface area (TPSA) is 48.0 Å². The van der Waals surface area contributed by atoms with Gasteiger partial charge in [0.1, 0.15) is 0 Å². The van der Waals surface area contributed by atoms with Crippen molar-refractivity contribution in [1.82, 2.24) is 4.57 Å². The second kappa shape index (κ2) is 4.49. The molecule has 0 aliphatic rings. The Morgan fingerprint density at radius 1 is 1.53 bits per heavy atom. The highest BCUT2D eigenvalue weighted by Crippen LogP contribution is 2.23. The van der Waals surface area contributed by atoms with Gasteiger partial charge in [-0.1, -0.05) is 0 Å². The lowest BCUT2D eigenvalue weighted by atomic mass is 10.3. The third-order valence-corrected chi connectivity index (χ3v) is 2.47. The van der Waals surface area contributed by atoms with Crippen molar-refractivity contribution in [1.29, 1.82) is 0 Å². The van der Waals surface area contributed by atoms with E-state index in [1.807, 2.05) is 0 Å². The number of hydrogen-bond donors (Lipinski definition) is 1. The van der Waals surface area contributed by atoms with Crippen molar-refractivity contribution < 1.29 is 8.78 Å². The maximum Gasteiger partial charge on any atom is 0.323 e. The Balaban J connectivity index is 2.84. The van der Waals surface area contributed by atoms with Crippen molar-refractivity contribution in [2.75, 3.05) is 5.73 Å². The van der Waals surface area contributed by atoms with E-state index in [9.17, 15) is 13.6 Å². The molecule has 2 N–H and O–H groups in total. The average Bonchev–Trinajstić information content (AvgIpc) is 2.09. The number of nitrogens with two attached hydrogens (primary N) is 1. The summed E-state index contributed by atoms with van der Waals surface area (Å²) in [7, 11) is 0. The molecule has 1 aromatic heterocycles. The molecule has 0 unspecified atom stereocenters. The first-order valence-corrected chi connectivity index (χ1v) is 5.18. The Labute approximate surface area is 98.0 Å². The van der Waals surface area contributed by atoms with Gasteiger partial charge in [0.05, 0.1) is 10.2 Å². The lowest BCUT2D eigenvalue weighted by Gasteiger charge is -2.11. The van der Waals surface area contributed by atoms with Gasteiger partial charge in [0, 0.05) is 25.4 Å². The third kappa shape index (κ3) is 3.79. The Hall–Kier alpha value is -0.620. The smallest absolute Gasteiger partial charge is 0.323 e. The van der Waals surface area contributed by atoms with Gasteiger partial charge in [-0.05, 0) is 27.5 Å². The molecule has 15 heavy (non-hydrogen) atoms. The van der Waals surface area contributed by atoms with E-state index in [0.29, 0.717) is 0 Å². The van der Waals surface area contributed by atoms with Gasteiger partial charge in [0.15, 0.2) is 0 Å². The van der Waals surface area contributed by atoms with Crippen LogP contribution in [-0.4, -0.2) is 9.95 Å². The summed E-state index contributed by atoms with van der Waals surface area (Å²) in [5.74, 6) is 0. The number of aromatic nitrogens is 1. The molecule has 1 heterocycles. The number of nitrogens with zero attached hydrogens (tertiary/aromatic N) is 1. The van der Waals surface area contributed by atoms with E-state index in [1.165, 1.54) is 17.0 Å². The zero-order valence-electron chi connectivity index (χ0n) is 7.51. The summed E-state index contributed by atoms with van der Waals surface area (Å²) >= 11 is 7.73. The lowest BCUT2D eigenvalue weighted by molar-refractivity contribution is 0.0807. The number of halogens is 4. The number of hydrogen-bond acceptors (Lipinski definition) is 2. The summed E-state index contributed by atoms with van der Waals surface area (Å²) in [6.07, 6.45) is 2.17. The summed E-state index contributed by atoms with van der Waals surface area (Å²) in [5.41, 5.74) is 5.02. The minimum absolute atomic E-state index is 0.00210. The Morgan fingerprint density at radius 3 is 2.60 bits per heavy atom. The molecule has 0 atom stereocenters. The standard InChI is InChI=1S/C8H8BrClF2N2O/c9-5-3-14(2-1-8(10,11)12)4-6(13)7(5)15/h3-4H,1-2,13H2. The lowest BCUT2D eigenvalue weighted by Crippen LogP contribution is -2.16. The summed E-state index contributed by atoms with van der Waals surface area (Å²) in [5, 5.41) is -3.25. The molecule has 0 aliphatic carbocycles. The van der Waals surface area contributed by atoms with E-state index in [4.69, 9.17) is 17.3 Å². The van der Waals surface area contributed by atoms with Crippen molar-refractivity contribution in [3.05, 3.63) is 27.1 Å². The number of pyridine rings is 1. The first-order valence-electron chi connectivity index (χ1n) is 4.01. The maximum atomic E-state index is 12.3. The fourth-order valence-electron chi connectivity index (χ4n) is 1.00. The van der Waals surface area contributed by atoms with Gasteiger partial charge >= 0.3 is 5.38 Å². The van der Waals surface area contributed by atoms with E-state index in [0.717, 1.165) is 0 Å². The number of rotatable bonds is 3. The molecule has 84 valence electrons. The highest BCUT2D eigenvalue weighted by Gasteiger charge is 2.23. The van der Waals surface area contributed by atoms with Crippen molar-refractivity contribution in [3.8, 4) is 0 Å². The molecule has 1 aromatic rings. The van der Waals surface area contributed by atoms with Crippen molar-refractivity contribution in [2.24, 2.45) is 0 Å². The molecule has 0 fully saturated rings.